The molecule has 9 heteroatoms. The van der Waals surface area contributed by atoms with E-state index in [-0.39, 0.29) is 18.1 Å². The molecule has 7 nitrogen and oxygen atoms in total. The first kappa shape index (κ1) is 19.5. The highest BCUT2D eigenvalue weighted by molar-refractivity contribution is 7.87. The number of halogens is 1. The van der Waals surface area contributed by atoms with Crippen LogP contribution in [0.25, 0.3) is 11.1 Å². The number of hydrogen-bond donors (Lipinski definition) is 3. The van der Waals surface area contributed by atoms with E-state index in [1.165, 1.54) is 11.6 Å². The monoisotopic (exact) mass is 385 g/mol. The van der Waals surface area contributed by atoms with Crippen molar-refractivity contribution in [2.24, 2.45) is 5.14 Å². The van der Waals surface area contributed by atoms with Crippen LogP contribution in [0, 0.1) is 0 Å². The number of carboxylic acids is 1. The van der Waals surface area contributed by atoms with Crippen molar-refractivity contribution in [2.75, 3.05) is 13.1 Å². The first-order valence-electron chi connectivity index (χ1n) is 7.67. The molecule has 1 fully saturated rings. The highest BCUT2D eigenvalue weighted by Crippen LogP contribution is 2.30. The van der Waals surface area contributed by atoms with Gasteiger partial charge >= 0.3 is 16.2 Å². The molecule has 0 radical (unpaired) electrons. The fraction of sp³-hybridized carbons (Fsp3) is 0.312. The Kier molecular flexibility index (Phi) is 5.89. The van der Waals surface area contributed by atoms with Gasteiger partial charge in [0.05, 0.1) is 0 Å². The Morgan fingerprint density at radius 2 is 1.76 bits per heavy atom. The maximum Gasteiger partial charge on any atom is 0.354 e. The molecule has 0 aliphatic carbocycles. The molecule has 136 valence electrons. The van der Waals surface area contributed by atoms with Crippen molar-refractivity contribution in [1.29, 1.82) is 0 Å². The standard InChI is InChI=1S/C16H19N3O4S.ClH/c17-24(22,23)19-10-7-14(15(19)16(20)21)13-3-1-11(2-4-13)12-5-8-18-9-6-12;/h1-4,7,10,12,18H,5-6,8-9H2,(H,20,21)(H2,17,22,23);1H. The quantitative estimate of drug-likeness (QED) is 0.742. The number of nitrogens with two attached hydrogens (primary N) is 1. The summed E-state index contributed by atoms with van der Waals surface area (Å²) in [5.74, 6) is -0.847. The zero-order valence-electron chi connectivity index (χ0n) is 13.4. The summed E-state index contributed by atoms with van der Waals surface area (Å²) in [6.07, 6.45) is 3.30. The van der Waals surface area contributed by atoms with E-state index >= 15 is 0 Å². The second-order valence-corrected chi connectivity index (χ2v) is 7.29. The van der Waals surface area contributed by atoms with Gasteiger partial charge in [-0.2, -0.15) is 8.42 Å². The molecule has 25 heavy (non-hydrogen) atoms. The Hall–Kier alpha value is -1.87. The average molecular weight is 386 g/mol. The predicted octanol–water partition coefficient (Wildman–Crippen LogP) is 1.79. The zero-order valence-corrected chi connectivity index (χ0v) is 15.0. The van der Waals surface area contributed by atoms with Gasteiger partial charge in [-0.3, -0.25) is 0 Å². The number of nitrogens with zero attached hydrogens (tertiary/aromatic N) is 1. The van der Waals surface area contributed by atoms with E-state index in [0.29, 0.717) is 21.0 Å². The third-order valence-electron chi connectivity index (χ3n) is 4.36. The molecule has 0 saturated carbocycles. The number of hydrogen-bond acceptors (Lipinski definition) is 4. The van der Waals surface area contributed by atoms with Crippen molar-refractivity contribution >= 4 is 28.6 Å². The van der Waals surface area contributed by atoms with Crippen molar-refractivity contribution < 1.29 is 18.3 Å². The van der Waals surface area contributed by atoms with Gasteiger partial charge in [-0.15, -0.1) is 12.4 Å². The summed E-state index contributed by atoms with van der Waals surface area (Å²) in [5.41, 5.74) is 1.83. The van der Waals surface area contributed by atoms with Gasteiger partial charge in [-0.25, -0.2) is 13.9 Å². The van der Waals surface area contributed by atoms with E-state index in [0.717, 1.165) is 32.1 Å². The van der Waals surface area contributed by atoms with Crippen LogP contribution >= 0.6 is 12.4 Å². The van der Waals surface area contributed by atoms with Crippen molar-refractivity contribution in [3.8, 4) is 11.1 Å². The van der Waals surface area contributed by atoms with Crippen LogP contribution in [0.5, 0.6) is 0 Å². The van der Waals surface area contributed by atoms with E-state index in [9.17, 15) is 18.3 Å². The summed E-state index contributed by atoms with van der Waals surface area (Å²) in [6.45, 7) is 1.99. The molecule has 0 amide bonds. The highest BCUT2D eigenvalue weighted by atomic mass is 35.5. The Morgan fingerprint density at radius 3 is 2.28 bits per heavy atom. The Bertz CT molecular complexity index is 856. The number of benzene rings is 1. The molecule has 1 aliphatic rings. The van der Waals surface area contributed by atoms with Crippen LogP contribution < -0.4 is 10.5 Å². The van der Waals surface area contributed by atoms with Crippen molar-refractivity contribution in [2.45, 2.75) is 18.8 Å². The third-order valence-corrected chi connectivity index (χ3v) is 5.21. The molecule has 4 N–H and O–H groups in total. The number of carboxylic acid groups (broad SMARTS) is 1. The van der Waals surface area contributed by atoms with Crippen LogP contribution in [0.1, 0.15) is 34.8 Å². The molecule has 3 rings (SSSR count). The lowest BCUT2D eigenvalue weighted by molar-refractivity contribution is 0.0690. The predicted molar refractivity (Wildman–Crippen MR) is 97.4 cm³/mol. The van der Waals surface area contributed by atoms with Gasteiger partial charge in [0.2, 0.25) is 0 Å². The number of carbonyl (C=O) groups is 1. The molecule has 2 heterocycles. The van der Waals surface area contributed by atoms with Gasteiger partial charge in [0.1, 0.15) is 0 Å². The minimum atomic E-state index is -4.16. The minimum Gasteiger partial charge on any atom is -0.477 e. The first-order chi connectivity index (χ1) is 11.4. The van der Waals surface area contributed by atoms with E-state index in [1.807, 2.05) is 24.3 Å². The van der Waals surface area contributed by atoms with Gasteiger partial charge < -0.3 is 10.4 Å². The molecule has 0 spiro atoms. The number of nitrogens with one attached hydrogen (secondary N) is 1. The van der Waals surface area contributed by atoms with E-state index < -0.39 is 16.2 Å². The van der Waals surface area contributed by atoms with E-state index in [2.05, 4.69) is 5.32 Å². The molecule has 1 saturated heterocycles. The van der Waals surface area contributed by atoms with Gasteiger partial charge in [0.25, 0.3) is 0 Å². The lowest BCUT2D eigenvalue weighted by Crippen LogP contribution is -2.26. The maximum absolute atomic E-state index is 11.5. The molecule has 1 aromatic carbocycles. The second kappa shape index (κ2) is 7.57. The normalized spacial score (nSPS) is 15.6. The summed E-state index contributed by atoms with van der Waals surface area (Å²) >= 11 is 0. The summed E-state index contributed by atoms with van der Waals surface area (Å²) in [6, 6.07) is 9.06. The minimum absolute atomic E-state index is 0. The van der Waals surface area contributed by atoms with Crippen LogP contribution in [-0.2, 0) is 10.2 Å². The Labute approximate surface area is 152 Å². The molecule has 2 aromatic rings. The second-order valence-electron chi connectivity index (χ2n) is 5.87. The largest absolute Gasteiger partial charge is 0.477 e. The molecule has 0 atom stereocenters. The van der Waals surface area contributed by atoms with Gasteiger partial charge in [-0.1, -0.05) is 24.3 Å². The summed E-state index contributed by atoms with van der Waals surface area (Å²) in [7, 11) is -4.16. The van der Waals surface area contributed by atoms with Gasteiger partial charge in [0.15, 0.2) is 5.69 Å². The summed E-state index contributed by atoms with van der Waals surface area (Å²) < 4.78 is 23.7. The summed E-state index contributed by atoms with van der Waals surface area (Å²) in [4.78, 5) is 11.5. The summed E-state index contributed by atoms with van der Waals surface area (Å²) in [5, 5.41) is 17.8. The maximum atomic E-state index is 11.5. The number of aromatic carboxylic acids is 1. The highest BCUT2D eigenvalue weighted by Gasteiger charge is 2.23. The molecular weight excluding hydrogens is 366 g/mol. The third kappa shape index (κ3) is 4.04. The molecular formula is C16H20ClN3O4S. The van der Waals surface area contributed by atoms with Crippen molar-refractivity contribution in [3.63, 3.8) is 0 Å². The number of rotatable bonds is 4. The van der Waals surface area contributed by atoms with Crippen LogP contribution in [0.2, 0.25) is 0 Å². The fourth-order valence-corrected chi connectivity index (χ4v) is 3.82. The van der Waals surface area contributed by atoms with Gasteiger partial charge in [0, 0.05) is 11.8 Å². The van der Waals surface area contributed by atoms with Crippen LogP contribution in [-0.4, -0.2) is 36.6 Å². The molecule has 0 bridgehead atoms. The van der Waals surface area contributed by atoms with Crippen LogP contribution in [0.3, 0.4) is 0 Å². The SMILES string of the molecule is Cl.NS(=O)(=O)n1ccc(-c2ccc(C3CCNCC3)cc2)c1C(=O)O. The number of aromatic nitrogens is 1. The smallest absolute Gasteiger partial charge is 0.354 e. The lowest BCUT2D eigenvalue weighted by atomic mass is 9.89. The van der Waals surface area contributed by atoms with Crippen LogP contribution in [0.15, 0.2) is 36.5 Å². The van der Waals surface area contributed by atoms with Crippen LogP contribution in [0.4, 0.5) is 0 Å². The van der Waals surface area contributed by atoms with E-state index in [4.69, 9.17) is 5.14 Å². The fourth-order valence-electron chi connectivity index (χ4n) is 3.16. The van der Waals surface area contributed by atoms with Crippen molar-refractivity contribution in [3.05, 3.63) is 47.8 Å². The number of piperidine rings is 1. The Morgan fingerprint density at radius 1 is 1.16 bits per heavy atom. The first-order valence-corrected chi connectivity index (χ1v) is 9.17. The lowest BCUT2D eigenvalue weighted by Gasteiger charge is -2.23. The topological polar surface area (TPSA) is 114 Å². The van der Waals surface area contributed by atoms with E-state index in [1.54, 1.807) is 0 Å². The Balaban J connectivity index is 0.00000225. The van der Waals surface area contributed by atoms with Crippen molar-refractivity contribution in [1.82, 2.24) is 9.29 Å². The van der Waals surface area contributed by atoms with Gasteiger partial charge in [-0.05, 0) is 49.0 Å². The zero-order chi connectivity index (χ0) is 17.3. The molecule has 1 aliphatic heterocycles. The molecule has 1 aromatic heterocycles. The average Bonchev–Trinajstić information content (AvgIpc) is 3.01. The molecule has 0 unspecified atom stereocenters.